The van der Waals surface area contributed by atoms with Crippen molar-refractivity contribution < 1.29 is 28.7 Å². The molecule has 2 unspecified atom stereocenters. The summed E-state index contributed by atoms with van der Waals surface area (Å²) in [5.41, 5.74) is 7.61. The van der Waals surface area contributed by atoms with Crippen molar-refractivity contribution in [3.8, 4) is 11.4 Å². The summed E-state index contributed by atoms with van der Waals surface area (Å²) in [4.78, 5) is 81.3. The maximum Gasteiger partial charge on any atom is 0.340 e. The Bertz CT molecular complexity index is 4250. The van der Waals surface area contributed by atoms with Crippen molar-refractivity contribution >= 4 is 57.9 Å². The molecule has 2 aromatic heterocycles. The average molecular weight is 1720 g/mol. The molecule has 0 saturated carbocycles. The van der Waals surface area contributed by atoms with Crippen LogP contribution in [0.15, 0.2) is 176 Å². The Morgan fingerprint density at radius 2 is 0.587 bits per heavy atom. The lowest BCUT2D eigenvalue weighted by Gasteiger charge is -2.28. The largest absolute Gasteiger partial charge is 0.462 e. The lowest BCUT2D eigenvalue weighted by molar-refractivity contribution is 0.0489. The van der Waals surface area contributed by atoms with Crippen LogP contribution in [0.5, 0.6) is 0 Å². The fraction of sp³-hybridized carbons (Fsp3) is 0.574. The van der Waals surface area contributed by atoms with Gasteiger partial charge >= 0.3 is 11.9 Å². The third kappa shape index (κ3) is 38.2. The lowest BCUT2D eigenvalue weighted by atomic mass is 9.78. The van der Waals surface area contributed by atoms with E-state index in [1.54, 1.807) is 111 Å². The van der Waals surface area contributed by atoms with Gasteiger partial charge in [0, 0.05) is 22.5 Å². The van der Waals surface area contributed by atoms with Crippen LogP contribution in [0.1, 0.15) is 413 Å². The summed E-state index contributed by atoms with van der Waals surface area (Å²) in [6, 6.07) is 43.7. The number of carbonyl (C=O) groups is 4. The van der Waals surface area contributed by atoms with Gasteiger partial charge < -0.3 is 20.1 Å². The molecule has 686 valence electrons. The molecule has 4 N–H and O–H groups in total. The van der Waals surface area contributed by atoms with Crippen LogP contribution in [-0.4, -0.2) is 56.5 Å². The Morgan fingerprint density at radius 3 is 0.889 bits per heavy atom. The number of anilines is 2. The molecule has 0 radical (unpaired) electrons. The smallest absolute Gasteiger partial charge is 0.340 e. The van der Waals surface area contributed by atoms with Crippen LogP contribution in [0, 0.1) is 25.7 Å². The molecule has 8 rings (SSSR count). The Morgan fingerprint density at radius 1 is 0.317 bits per heavy atom. The number of benzene rings is 6. The van der Waals surface area contributed by atoms with E-state index in [4.69, 9.17) is 9.47 Å². The molecule has 0 spiro atoms. The molecule has 0 aliphatic heterocycles. The fourth-order valence-corrected chi connectivity index (χ4v) is 17.3. The van der Waals surface area contributed by atoms with Crippen LogP contribution >= 0.6 is 0 Å². The van der Waals surface area contributed by atoms with E-state index in [0.29, 0.717) is 58.5 Å². The number of azo groups is 2. The number of aryl methyl sites for hydroxylation is 4. The van der Waals surface area contributed by atoms with Crippen LogP contribution in [0.3, 0.4) is 0 Å². The highest BCUT2D eigenvalue weighted by atomic mass is 16.5. The van der Waals surface area contributed by atoms with Gasteiger partial charge in [-0.05, 0) is 172 Å². The molecule has 18 nitrogen and oxygen atoms in total. The topological polar surface area (TPSA) is 236 Å². The average Bonchev–Trinajstić information content (AvgIpc) is 1.66. The second kappa shape index (κ2) is 61.8. The number of amides is 2. The van der Waals surface area contributed by atoms with Crippen LogP contribution in [0.25, 0.3) is 11.4 Å². The third-order valence-electron chi connectivity index (χ3n) is 25.1. The Hall–Kier alpha value is -9.58. The van der Waals surface area contributed by atoms with Gasteiger partial charge in [0.25, 0.3) is 22.9 Å². The summed E-state index contributed by atoms with van der Waals surface area (Å²) in [6.45, 7) is 13.2. The number of hydrogen-bond donors (Lipinski definition) is 4. The van der Waals surface area contributed by atoms with Crippen LogP contribution < -0.4 is 21.8 Å². The van der Waals surface area contributed by atoms with E-state index < -0.39 is 23.1 Å². The highest BCUT2D eigenvalue weighted by Gasteiger charge is 2.23. The fourth-order valence-electron chi connectivity index (χ4n) is 17.3. The lowest BCUT2D eigenvalue weighted by Crippen LogP contribution is -2.16. The third-order valence-corrected chi connectivity index (χ3v) is 25.1. The quantitative estimate of drug-likeness (QED) is 0.0162. The molecule has 126 heavy (non-hydrogen) atoms. The minimum atomic E-state index is -0.471. The summed E-state index contributed by atoms with van der Waals surface area (Å²) in [7, 11) is 0. The van der Waals surface area contributed by atoms with Crippen molar-refractivity contribution in [2.75, 3.05) is 23.8 Å². The number of aromatic nitrogens is 4. The van der Waals surface area contributed by atoms with Crippen LogP contribution in [0.4, 0.5) is 34.1 Å². The zero-order valence-electron chi connectivity index (χ0n) is 78.1. The molecule has 2 atom stereocenters. The van der Waals surface area contributed by atoms with E-state index in [1.165, 1.54) is 303 Å². The first-order valence-corrected chi connectivity index (χ1v) is 49.8. The first-order valence-electron chi connectivity index (χ1n) is 49.8. The first-order chi connectivity index (χ1) is 61.8. The summed E-state index contributed by atoms with van der Waals surface area (Å²) in [5, 5.41) is 29.8. The number of nitrogens with zero attached hydrogens (tertiary/aromatic N) is 6. The predicted octanol–water partition coefficient (Wildman–Crippen LogP) is 31.5. The summed E-state index contributed by atoms with van der Waals surface area (Å²) < 4.78 is 14.4. The van der Waals surface area contributed by atoms with Crippen molar-refractivity contribution in [3.63, 3.8) is 0 Å². The molecule has 6 aromatic carbocycles. The zero-order valence-corrected chi connectivity index (χ0v) is 78.1. The van der Waals surface area contributed by atoms with Crippen molar-refractivity contribution in [1.82, 2.24) is 19.6 Å². The second-order valence-corrected chi connectivity index (χ2v) is 35.6. The van der Waals surface area contributed by atoms with Crippen molar-refractivity contribution in [1.29, 1.82) is 0 Å². The van der Waals surface area contributed by atoms with Gasteiger partial charge in [-0.1, -0.05) is 372 Å². The molecule has 2 amide bonds. The first kappa shape index (κ1) is 102. The molecule has 0 aliphatic carbocycles. The molecule has 18 heteroatoms. The normalized spacial score (nSPS) is 12.1. The molecular formula is C108H156N10O8. The van der Waals surface area contributed by atoms with Gasteiger partial charge in [0.1, 0.15) is 11.4 Å². The monoisotopic (exact) mass is 1720 g/mol. The van der Waals surface area contributed by atoms with Gasteiger partial charge in [-0.2, -0.15) is 0 Å². The van der Waals surface area contributed by atoms with E-state index in [2.05, 4.69) is 93.2 Å². The Labute approximate surface area is 755 Å². The van der Waals surface area contributed by atoms with E-state index in [-0.39, 0.29) is 34.3 Å². The van der Waals surface area contributed by atoms with Crippen LogP contribution in [-0.2, 0) is 22.3 Å². The Kier molecular flexibility index (Phi) is 49.9. The molecule has 2 heterocycles. The van der Waals surface area contributed by atoms with E-state index in [9.17, 15) is 28.8 Å². The highest BCUT2D eigenvalue weighted by Crippen LogP contribution is 2.35. The van der Waals surface area contributed by atoms with Crippen LogP contribution in [0.2, 0.25) is 0 Å². The molecular weight excluding hydrogens is 1570 g/mol. The van der Waals surface area contributed by atoms with Crippen molar-refractivity contribution in [3.05, 3.63) is 211 Å². The van der Waals surface area contributed by atoms with Gasteiger partial charge in [0.15, 0.2) is 11.4 Å². The predicted molar refractivity (Wildman–Crippen MR) is 521 cm³/mol. The molecule has 0 saturated heterocycles. The minimum absolute atomic E-state index is 0.112. The van der Waals surface area contributed by atoms with Gasteiger partial charge in [0.2, 0.25) is 0 Å². The number of nitrogens with one attached hydrogen (secondary N) is 4. The number of rotatable bonds is 69. The SMILES string of the molecule is CCCCCCCCCCCCc1ccc(NC(=O)c2ccc(-n3[nH]c(C)c(N=Nc4ccccc4C(=O)OCCCCCCCCC(CCCCCCCCC)C(CCCCCCCCC)CCCCCCCCOC(=O)c4ccccc4N=Nc4c(C)[nH]n(-c5ccc(C(=O)Nc6ccc(CCCCCCCCCCCC)cc6)cc5)c4=O)c3=O)cc2)cc1. The number of esters is 2. The van der Waals surface area contributed by atoms with Gasteiger partial charge in [-0.15, -0.1) is 20.5 Å². The number of H-pyrrole nitrogens is 2. The van der Waals surface area contributed by atoms with E-state index >= 15 is 0 Å². The second-order valence-electron chi connectivity index (χ2n) is 35.6. The summed E-state index contributed by atoms with van der Waals surface area (Å²) in [6.07, 6.45) is 65.1. The molecule has 8 aromatic rings. The van der Waals surface area contributed by atoms with Gasteiger partial charge in [-0.3, -0.25) is 29.4 Å². The maximum absolute atomic E-state index is 13.8. The number of aromatic amines is 2. The van der Waals surface area contributed by atoms with Gasteiger partial charge in [-0.25, -0.2) is 19.0 Å². The number of carbonyl (C=O) groups excluding carboxylic acids is 4. The number of hydrogen-bond acceptors (Lipinski definition) is 12. The van der Waals surface area contributed by atoms with Gasteiger partial charge in [0.05, 0.1) is 47.1 Å². The molecule has 0 aliphatic rings. The maximum atomic E-state index is 13.8. The standard InChI is InChI=1S/C108H156N10O8/c1-7-11-15-19-23-25-27-31-37-45-57-87-67-75-93(76-68-87)109-103(119)91-71-79-95(80-72-91)117-105(121)101(85(5)115-117)113-111-99-65-53-51-63-97(99)107(123)125-83-55-43-35-33-41-49-61-89(59-47-39-29-21-17-13-9-3)90(60-48-40-30-22-18-14-10-4)62-50-42-34-36-44-56-84-126-108(124)98-64-52-54-66-100(98)112-114-102-86(6)116-118(106(102)122)96-81-73-92(74-82-96)104(120)110-94-77-69-88(70-78-94)58-46-38-32-28-26-24-20-16-12-8-2/h51-54,63-82,89-90,115-116H,7-50,55-62,83-84H2,1-6H3,(H,109,119)(H,110,120). The van der Waals surface area contributed by atoms with Crippen molar-refractivity contribution in [2.45, 2.75) is 375 Å². The Balaban J connectivity index is 0.729. The van der Waals surface area contributed by atoms with E-state index in [1.807, 2.05) is 24.3 Å². The molecule has 0 bridgehead atoms. The summed E-state index contributed by atoms with van der Waals surface area (Å²) in [5.74, 6) is 0.0863. The summed E-state index contributed by atoms with van der Waals surface area (Å²) >= 11 is 0. The highest BCUT2D eigenvalue weighted by molar-refractivity contribution is 6.05. The molecule has 0 fully saturated rings. The van der Waals surface area contributed by atoms with Crippen molar-refractivity contribution in [2.24, 2.45) is 32.3 Å². The minimum Gasteiger partial charge on any atom is -0.462 e. The number of ether oxygens (including phenoxy) is 2. The number of unbranched alkanes of at least 4 members (excludes halogenated alkanes) is 40. The zero-order chi connectivity index (χ0) is 89.2. The van der Waals surface area contributed by atoms with E-state index in [0.717, 1.165) is 74.6 Å².